The van der Waals surface area contributed by atoms with Crippen LogP contribution in [0.3, 0.4) is 0 Å². The summed E-state index contributed by atoms with van der Waals surface area (Å²) in [5.74, 6) is -0.571. The Bertz CT molecular complexity index is 560. The SMILES string of the molecule is O=S(c1c[nH]c2cc(F)ccc12)C(F)(F)F. The summed E-state index contributed by atoms with van der Waals surface area (Å²) in [4.78, 5) is 2.06. The molecule has 0 aliphatic carbocycles. The quantitative estimate of drug-likeness (QED) is 0.776. The number of halogens is 4. The van der Waals surface area contributed by atoms with Crippen molar-refractivity contribution in [2.24, 2.45) is 0 Å². The number of aromatic amines is 1. The number of hydrogen-bond donors (Lipinski definition) is 1. The summed E-state index contributed by atoms with van der Waals surface area (Å²) < 4.78 is 60.6. The smallest absolute Gasteiger partial charge is 0.360 e. The van der Waals surface area contributed by atoms with Gasteiger partial charge in [-0.15, -0.1) is 0 Å². The van der Waals surface area contributed by atoms with Gasteiger partial charge in [-0.2, -0.15) is 13.2 Å². The first kappa shape index (κ1) is 11.1. The molecule has 0 aliphatic rings. The molecule has 16 heavy (non-hydrogen) atoms. The number of benzene rings is 1. The molecule has 0 aliphatic heterocycles. The van der Waals surface area contributed by atoms with Crippen LogP contribution in [-0.4, -0.2) is 14.7 Å². The van der Waals surface area contributed by atoms with Gasteiger partial charge in [-0.3, -0.25) is 0 Å². The largest absolute Gasteiger partial charge is 0.475 e. The number of rotatable bonds is 1. The molecule has 1 heterocycles. The topological polar surface area (TPSA) is 32.9 Å². The number of aromatic nitrogens is 1. The van der Waals surface area contributed by atoms with Crippen molar-refractivity contribution >= 4 is 21.7 Å². The molecule has 1 N–H and O–H groups in total. The van der Waals surface area contributed by atoms with Gasteiger partial charge < -0.3 is 4.98 Å². The van der Waals surface area contributed by atoms with Crippen molar-refractivity contribution in [3.63, 3.8) is 0 Å². The summed E-state index contributed by atoms with van der Waals surface area (Å²) in [6.07, 6.45) is 0.980. The van der Waals surface area contributed by atoms with Gasteiger partial charge in [-0.1, -0.05) is 0 Å². The minimum Gasteiger partial charge on any atom is -0.360 e. The van der Waals surface area contributed by atoms with Crippen LogP contribution < -0.4 is 0 Å². The van der Waals surface area contributed by atoms with Gasteiger partial charge in [-0.05, 0) is 18.2 Å². The Morgan fingerprint density at radius 3 is 2.56 bits per heavy atom. The van der Waals surface area contributed by atoms with E-state index in [0.29, 0.717) is 0 Å². The normalized spacial score (nSPS) is 14.2. The second-order valence-corrected chi connectivity index (χ2v) is 4.50. The summed E-state index contributed by atoms with van der Waals surface area (Å²) in [6, 6.07) is 3.24. The van der Waals surface area contributed by atoms with Gasteiger partial charge in [0.05, 0.1) is 4.90 Å². The number of hydrogen-bond acceptors (Lipinski definition) is 1. The molecule has 0 radical (unpaired) electrons. The van der Waals surface area contributed by atoms with Crippen molar-refractivity contribution < 1.29 is 21.8 Å². The summed E-state index contributed by atoms with van der Waals surface area (Å²) >= 11 is 0. The van der Waals surface area contributed by atoms with Gasteiger partial charge in [0.1, 0.15) is 5.82 Å². The van der Waals surface area contributed by atoms with E-state index in [-0.39, 0.29) is 15.8 Å². The standard InChI is InChI=1S/C9H5F4NOS/c10-5-1-2-6-7(3-5)14-4-8(6)16(15)9(11,12)13/h1-4,14H. The van der Waals surface area contributed by atoms with Crippen molar-refractivity contribution in [3.05, 3.63) is 30.2 Å². The average molecular weight is 251 g/mol. The van der Waals surface area contributed by atoms with Crippen molar-refractivity contribution in [1.82, 2.24) is 4.98 Å². The van der Waals surface area contributed by atoms with E-state index in [4.69, 9.17) is 0 Å². The van der Waals surface area contributed by atoms with Crippen molar-refractivity contribution in [2.45, 2.75) is 10.4 Å². The lowest BCUT2D eigenvalue weighted by molar-refractivity contribution is -0.0384. The van der Waals surface area contributed by atoms with E-state index in [1.165, 1.54) is 6.07 Å². The first-order chi connectivity index (χ1) is 7.39. The second kappa shape index (κ2) is 3.58. The third-order valence-corrected chi connectivity index (χ3v) is 3.17. The molecular weight excluding hydrogens is 246 g/mol. The van der Waals surface area contributed by atoms with E-state index in [1.54, 1.807) is 0 Å². The number of fused-ring (bicyclic) bond motifs is 1. The van der Waals surface area contributed by atoms with E-state index in [0.717, 1.165) is 18.3 Å². The Kier molecular flexibility index (Phi) is 2.49. The Morgan fingerprint density at radius 1 is 1.25 bits per heavy atom. The van der Waals surface area contributed by atoms with Gasteiger partial charge in [-0.25, -0.2) is 8.60 Å². The van der Waals surface area contributed by atoms with Crippen LogP contribution in [-0.2, 0) is 10.8 Å². The summed E-state index contributed by atoms with van der Waals surface area (Å²) in [6.45, 7) is 0. The fraction of sp³-hybridized carbons (Fsp3) is 0.111. The van der Waals surface area contributed by atoms with Crippen LogP contribution in [0.4, 0.5) is 17.6 Å². The molecule has 2 rings (SSSR count). The molecule has 0 saturated heterocycles. The van der Waals surface area contributed by atoms with Crippen LogP contribution in [0.15, 0.2) is 29.3 Å². The maximum Gasteiger partial charge on any atom is 0.475 e. The highest BCUT2D eigenvalue weighted by Gasteiger charge is 2.39. The minimum absolute atomic E-state index is 0.108. The highest BCUT2D eigenvalue weighted by atomic mass is 32.2. The van der Waals surface area contributed by atoms with E-state index >= 15 is 0 Å². The highest BCUT2D eigenvalue weighted by Crippen LogP contribution is 2.31. The maximum absolute atomic E-state index is 12.8. The van der Waals surface area contributed by atoms with Crippen molar-refractivity contribution in [3.8, 4) is 0 Å². The number of alkyl halides is 3. The molecule has 86 valence electrons. The fourth-order valence-corrected chi connectivity index (χ4v) is 2.14. The Hall–Kier alpha value is -1.37. The zero-order valence-electron chi connectivity index (χ0n) is 7.64. The molecule has 1 atom stereocenters. The predicted octanol–water partition coefficient (Wildman–Crippen LogP) is 2.93. The van der Waals surface area contributed by atoms with Crippen molar-refractivity contribution in [2.75, 3.05) is 0 Å². The Morgan fingerprint density at radius 2 is 1.94 bits per heavy atom. The van der Waals surface area contributed by atoms with Crippen LogP contribution >= 0.6 is 0 Å². The van der Waals surface area contributed by atoms with Gasteiger partial charge in [0, 0.05) is 17.1 Å². The molecule has 2 nitrogen and oxygen atoms in total. The number of nitrogens with one attached hydrogen (secondary N) is 1. The monoisotopic (exact) mass is 251 g/mol. The lowest BCUT2D eigenvalue weighted by atomic mass is 10.2. The zero-order valence-corrected chi connectivity index (χ0v) is 8.45. The second-order valence-electron chi connectivity index (χ2n) is 3.06. The molecule has 0 bridgehead atoms. The first-order valence-electron chi connectivity index (χ1n) is 4.15. The van der Waals surface area contributed by atoms with Gasteiger partial charge in [0.15, 0.2) is 10.8 Å². The van der Waals surface area contributed by atoms with Crippen LogP contribution in [0.2, 0.25) is 0 Å². The van der Waals surface area contributed by atoms with E-state index in [1.807, 2.05) is 0 Å². The molecule has 1 aromatic heterocycles. The molecule has 0 fully saturated rings. The molecule has 0 saturated carbocycles. The minimum atomic E-state index is -4.82. The van der Waals surface area contributed by atoms with Crippen LogP contribution in [0.1, 0.15) is 0 Å². The van der Waals surface area contributed by atoms with Crippen LogP contribution in [0.25, 0.3) is 10.9 Å². The van der Waals surface area contributed by atoms with Gasteiger partial charge in [0.2, 0.25) is 0 Å². The molecule has 0 amide bonds. The number of H-pyrrole nitrogens is 1. The van der Waals surface area contributed by atoms with Crippen LogP contribution in [0.5, 0.6) is 0 Å². The molecule has 0 spiro atoms. The average Bonchev–Trinajstić information content (AvgIpc) is 2.57. The molecular formula is C9H5F4NOS. The fourth-order valence-electron chi connectivity index (χ4n) is 1.35. The lowest BCUT2D eigenvalue weighted by Gasteiger charge is -2.04. The van der Waals surface area contributed by atoms with E-state index < -0.39 is 22.1 Å². The maximum atomic E-state index is 12.8. The van der Waals surface area contributed by atoms with Crippen molar-refractivity contribution in [1.29, 1.82) is 0 Å². The first-order valence-corrected chi connectivity index (χ1v) is 5.30. The molecule has 2 aromatic rings. The Balaban J connectivity index is 2.59. The van der Waals surface area contributed by atoms with Crippen LogP contribution in [0, 0.1) is 5.82 Å². The third-order valence-electron chi connectivity index (χ3n) is 2.02. The Labute approximate surface area is 89.7 Å². The summed E-state index contributed by atoms with van der Waals surface area (Å²) in [5, 5.41) is 0.108. The van der Waals surface area contributed by atoms with Gasteiger partial charge in [0.25, 0.3) is 0 Å². The van der Waals surface area contributed by atoms with Gasteiger partial charge >= 0.3 is 5.51 Å². The summed E-state index contributed by atoms with van der Waals surface area (Å²) in [5.41, 5.74) is -4.63. The zero-order chi connectivity index (χ0) is 11.9. The molecule has 7 heteroatoms. The van der Waals surface area contributed by atoms with E-state index in [9.17, 15) is 21.8 Å². The summed E-state index contributed by atoms with van der Waals surface area (Å²) in [7, 11) is -3.10. The third kappa shape index (κ3) is 1.82. The van der Waals surface area contributed by atoms with E-state index in [2.05, 4.69) is 4.98 Å². The molecule has 1 aromatic carbocycles. The lowest BCUT2D eigenvalue weighted by Crippen LogP contribution is -2.15. The highest BCUT2D eigenvalue weighted by molar-refractivity contribution is 7.86. The molecule has 1 unspecified atom stereocenters. The predicted molar refractivity (Wildman–Crippen MR) is 50.7 cm³/mol.